The van der Waals surface area contributed by atoms with Crippen molar-refractivity contribution in [2.45, 2.75) is 20.3 Å². The van der Waals surface area contributed by atoms with Crippen LogP contribution in [0.25, 0.3) is 11.3 Å². The lowest BCUT2D eigenvalue weighted by Gasteiger charge is -2.20. The Hall–Kier alpha value is -1.20. The van der Waals surface area contributed by atoms with Crippen LogP contribution in [0.5, 0.6) is 0 Å². The molecule has 3 nitrogen and oxygen atoms in total. The topological polar surface area (TPSA) is 54.7 Å². The third-order valence-electron chi connectivity index (χ3n) is 3.05. The first kappa shape index (κ1) is 14.2. The summed E-state index contributed by atoms with van der Waals surface area (Å²) in [7, 11) is 0. The van der Waals surface area contributed by atoms with Gasteiger partial charge >= 0.3 is 0 Å². The molecule has 2 aromatic rings. The fourth-order valence-corrected chi connectivity index (χ4v) is 2.18. The summed E-state index contributed by atoms with van der Waals surface area (Å²) in [5, 5.41) is 0. The molecule has 0 aliphatic carbocycles. The number of benzene rings is 1. The average Bonchev–Trinajstić information content (AvgIpc) is 2.80. The van der Waals surface area contributed by atoms with Crippen LogP contribution < -0.4 is 5.73 Å². The molecule has 0 spiro atoms. The monoisotopic (exact) mass is 325 g/mol. The highest BCUT2D eigenvalue weighted by molar-refractivity contribution is 9.10. The van der Waals surface area contributed by atoms with E-state index in [0.29, 0.717) is 17.8 Å². The number of imidazole rings is 1. The van der Waals surface area contributed by atoms with E-state index >= 15 is 0 Å². The van der Waals surface area contributed by atoms with Gasteiger partial charge in [-0.2, -0.15) is 0 Å². The van der Waals surface area contributed by atoms with Crippen LogP contribution in [-0.4, -0.2) is 16.5 Å². The smallest absolute Gasteiger partial charge is 0.132 e. The molecule has 19 heavy (non-hydrogen) atoms. The van der Waals surface area contributed by atoms with Gasteiger partial charge in [0.2, 0.25) is 0 Å². The fraction of sp³-hybridized carbons (Fsp3) is 0.357. The van der Waals surface area contributed by atoms with E-state index in [4.69, 9.17) is 5.73 Å². The Morgan fingerprint density at radius 1 is 1.42 bits per heavy atom. The van der Waals surface area contributed by atoms with Crippen molar-refractivity contribution in [2.75, 3.05) is 6.54 Å². The van der Waals surface area contributed by atoms with E-state index in [1.54, 1.807) is 18.3 Å². The summed E-state index contributed by atoms with van der Waals surface area (Å²) >= 11 is 3.34. The molecule has 0 unspecified atom stereocenters. The Bertz CT molecular complexity index is 578. The van der Waals surface area contributed by atoms with Gasteiger partial charge in [0.15, 0.2) is 0 Å². The van der Waals surface area contributed by atoms with E-state index in [-0.39, 0.29) is 11.2 Å². The quantitative estimate of drug-likeness (QED) is 0.903. The van der Waals surface area contributed by atoms with Crippen molar-refractivity contribution in [2.24, 2.45) is 11.1 Å². The van der Waals surface area contributed by atoms with Gasteiger partial charge in [0.1, 0.15) is 11.6 Å². The van der Waals surface area contributed by atoms with Crippen LogP contribution in [0.3, 0.4) is 0 Å². The number of rotatable bonds is 4. The second-order valence-electron chi connectivity index (χ2n) is 5.41. The zero-order chi connectivity index (χ0) is 14.0. The zero-order valence-corrected chi connectivity index (χ0v) is 12.6. The second-order valence-corrected chi connectivity index (χ2v) is 6.33. The highest BCUT2D eigenvalue weighted by Gasteiger charge is 2.18. The van der Waals surface area contributed by atoms with E-state index in [1.807, 2.05) is 0 Å². The van der Waals surface area contributed by atoms with Crippen molar-refractivity contribution >= 4 is 15.9 Å². The van der Waals surface area contributed by atoms with Gasteiger partial charge in [-0.25, -0.2) is 9.37 Å². The maximum absolute atomic E-state index is 13.8. The fourth-order valence-electron chi connectivity index (χ4n) is 1.82. The SMILES string of the molecule is CC(C)(CN)Cc1ncc(-c2cc(Br)ccc2F)[nH]1. The molecule has 1 aromatic carbocycles. The van der Waals surface area contributed by atoms with E-state index < -0.39 is 0 Å². The first-order chi connectivity index (χ1) is 8.91. The predicted octanol–water partition coefficient (Wildman–Crippen LogP) is 3.51. The molecule has 0 amide bonds. The Morgan fingerprint density at radius 2 is 2.16 bits per heavy atom. The lowest BCUT2D eigenvalue weighted by Crippen LogP contribution is -2.26. The predicted molar refractivity (Wildman–Crippen MR) is 78.2 cm³/mol. The normalized spacial score (nSPS) is 11.8. The highest BCUT2D eigenvalue weighted by atomic mass is 79.9. The van der Waals surface area contributed by atoms with Crippen LogP contribution in [0, 0.1) is 11.2 Å². The number of hydrogen-bond donors (Lipinski definition) is 2. The van der Waals surface area contributed by atoms with Gasteiger partial charge in [0.05, 0.1) is 11.9 Å². The first-order valence-electron chi connectivity index (χ1n) is 6.11. The Morgan fingerprint density at radius 3 is 2.84 bits per heavy atom. The molecule has 0 fully saturated rings. The number of hydrogen-bond acceptors (Lipinski definition) is 2. The van der Waals surface area contributed by atoms with Crippen LogP contribution in [0.4, 0.5) is 4.39 Å². The minimum absolute atomic E-state index is 0.0229. The van der Waals surface area contributed by atoms with E-state index in [2.05, 4.69) is 39.7 Å². The minimum atomic E-state index is -0.267. The van der Waals surface area contributed by atoms with Gasteiger partial charge in [-0.05, 0) is 30.2 Å². The van der Waals surface area contributed by atoms with E-state index in [1.165, 1.54) is 6.07 Å². The van der Waals surface area contributed by atoms with Crippen molar-refractivity contribution < 1.29 is 4.39 Å². The number of aromatic amines is 1. The third-order valence-corrected chi connectivity index (χ3v) is 3.54. The summed E-state index contributed by atoms with van der Waals surface area (Å²) in [4.78, 5) is 7.46. The van der Waals surface area contributed by atoms with Crippen LogP contribution in [-0.2, 0) is 6.42 Å². The summed E-state index contributed by atoms with van der Waals surface area (Å²) in [5.74, 6) is 0.557. The van der Waals surface area contributed by atoms with Crippen LogP contribution >= 0.6 is 15.9 Å². The molecule has 5 heteroatoms. The number of nitrogens with two attached hydrogens (primary N) is 1. The Labute approximate surface area is 120 Å². The second kappa shape index (κ2) is 5.43. The van der Waals surface area contributed by atoms with Crippen LogP contribution in [0.15, 0.2) is 28.9 Å². The summed E-state index contributed by atoms with van der Waals surface area (Å²) in [6, 6.07) is 4.85. The standard InChI is InChI=1S/C14H17BrFN3/c1-14(2,8-17)6-13-18-7-12(19-13)10-5-9(15)3-4-11(10)16/h3-5,7H,6,8,17H2,1-2H3,(H,18,19). The van der Waals surface area contributed by atoms with E-state index in [0.717, 1.165) is 16.7 Å². The maximum Gasteiger partial charge on any atom is 0.132 e. The van der Waals surface area contributed by atoms with Crippen molar-refractivity contribution in [3.63, 3.8) is 0 Å². The lowest BCUT2D eigenvalue weighted by atomic mass is 9.89. The largest absolute Gasteiger partial charge is 0.342 e. The van der Waals surface area contributed by atoms with E-state index in [9.17, 15) is 4.39 Å². The molecule has 0 aliphatic rings. The summed E-state index contributed by atoms with van der Waals surface area (Å²) in [6.07, 6.45) is 2.39. The van der Waals surface area contributed by atoms with Gasteiger partial charge in [0.25, 0.3) is 0 Å². The summed E-state index contributed by atoms with van der Waals surface area (Å²) in [5.41, 5.74) is 6.88. The number of nitrogens with zero attached hydrogens (tertiary/aromatic N) is 1. The lowest BCUT2D eigenvalue weighted by molar-refractivity contribution is 0.369. The molecule has 1 aromatic heterocycles. The number of nitrogens with one attached hydrogen (secondary N) is 1. The first-order valence-corrected chi connectivity index (χ1v) is 6.90. The van der Waals surface area contributed by atoms with Gasteiger partial charge in [-0.15, -0.1) is 0 Å². The molecule has 0 saturated carbocycles. The molecule has 3 N–H and O–H groups in total. The molecule has 1 heterocycles. The molecule has 2 rings (SSSR count). The molecule has 0 aliphatic heterocycles. The highest BCUT2D eigenvalue weighted by Crippen LogP contribution is 2.26. The van der Waals surface area contributed by atoms with Crippen LogP contribution in [0.2, 0.25) is 0 Å². The van der Waals surface area contributed by atoms with Crippen molar-refractivity contribution in [1.29, 1.82) is 0 Å². The molecule has 102 valence electrons. The zero-order valence-electron chi connectivity index (χ0n) is 11.0. The van der Waals surface area contributed by atoms with Gasteiger partial charge < -0.3 is 10.7 Å². The third kappa shape index (κ3) is 3.42. The van der Waals surface area contributed by atoms with Gasteiger partial charge in [-0.1, -0.05) is 29.8 Å². The molecular formula is C14H17BrFN3. The Kier molecular flexibility index (Phi) is 4.06. The van der Waals surface area contributed by atoms with Crippen LogP contribution in [0.1, 0.15) is 19.7 Å². The molecule has 0 saturated heterocycles. The van der Waals surface area contributed by atoms with Gasteiger partial charge in [-0.3, -0.25) is 0 Å². The minimum Gasteiger partial charge on any atom is -0.342 e. The summed E-state index contributed by atoms with van der Waals surface area (Å²) in [6.45, 7) is 4.73. The molecular weight excluding hydrogens is 309 g/mol. The number of H-pyrrole nitrogens is 1. The average molecular weight is 326 g/mol. The molecule has 0 atom stereocenters. The number of aromatic nitrogens is 2. The summed E-state index contributed by atoms with van der Waals surface area (Å²) < 4.78 is 14.6. The Balaban J connectivity index is 2.28. The van der Waals surface area contributed by atoms with Crippen molar-refractivity contribution in [3.8, 4) is 11.3 Å². The maximum atomic E-state index is 13.8. The van der Waals surface area contributed by atoms with Crippen molar-refractivity contribution in [3.05, 3.63) is 40.5 Å². The molecule has 0 bridgehead atoms. The molecule has 0 radical (unpaired) electrons. The van der Waals surface area contributed by atoms with Gasteiger partial charge in [0, 0.05) is 16.5 Å². The number of halogens is 2. The van der Waals surface area contributed by atoms with Crippen molar-refractivity contribution in [1.82, 2.24) is 9.97 Å².